The second kappa shape index (κ2) is 4.09. The van der Waals surface area contributed by atoms with Crippen molar-refractivity contribution < 1.29 is 13.6 Å². The molecular formula is C8H18NO3P. The van der Waals surface area contributed by atoms with E-state index in [4.69, 9.17) is 9.05 Å². The van der Waals surface area contributed by atoms with Crippen LogP contribution in [-0.2, 0) is 13.6 Å². The van der Waals surface area contributed by atoms with Crippen molar-refractivity contribution in [3.63, 3.8) is 0 Å². The molecule has 2 atom stereocenters. The largest absolute Gasteiger partial charge is 0.408 e. The second-order valence-corrected chi connectivity index (χ2v) is 5.08. The zero-order valence-electron chi connectivity index (χ0n) is 8.69. The van der Waals surface area contributed by atoms with E-state index in [-0.39, 0.29) is 0 Å². The van der Waals surface area contributed by atoms with E-state index in [0.29, 0.717) is 25.3 Å². The first-order chi connectivity index (χ1) is 6.06. The number of hydrogen-bond acceptors (Lipinski definition) is 3. The minimum Gasteiger partial charge on any atom is -0.297 e. The molecule has 1 rings (SSSR count). The summed E-state index contributed by atoms with van der Waals surface area (Å²) in [6, 6.07) is 0.618. The predicted octanol–water partition coefficient (Wildman–Crippen LogP) is 2.26. The summed E-state index contributed by atoms with van der Waals surface area (Å²) in [4.78, 5) is 0. The maximum Gasteiger partial charge on any atom is 0.408 e. The average molecular weight is 207 g/mol. The van der Waals surface area contributed by atoms with Gasteiger partial charge >= 0.3 is 7.75 Å². The molecule has 1 saturated heterocycles. The Morgan fingerprint density at radius 3 is 1.77 bits per heavy atom. The first-order valence-corrected chi connectivity index (χ1v) is 6.24. The van der Waals surface area contributed by atoms with Crippen LogP contribution in [0.5, 0.6) is 0 Å². The fourth-order valence-electron chi connectivity index (χ4n) is 1.43. The monoisotopic (exact) mass is 207 g/mol. The molecule has 0 saturated carbocycles. The summed E-state index contributed by atoms with van der Waals surface area (Å²) in [7, 11) is -2.96. The van der Waals surface area contributed by atoms with Gasteiger partial charge in [-0.1, -0.05) is 0 Å². The molecule has 0 aromatic heterocycles. The van der Waals surface area contributed by atoms with Gasteiger partial charge in [-0.3, -0.25) is 9.05 Å². The Balaban J connectivity index is 2.63. The summed E-state index contributed by atoms with van der Waals surface area (Å²) in [5.74, 6) is 0. The van der Waals surface area contributed by atoms with E-state index in [1.165, 1.54) is 0 Å². The van der Waals surface area contributed by atoms with Gasteiger partial charge in [-0.2, -0.15) is 4.67 Å². The first kappa shape index (κ1) is 11.2. The van der Waals surface area contributed by atoms with E-state index in [0.717, 1.165) is 0 Å². The normalized spacial score (nSPS) is 33.4. The van der Waals surface area contributed by atoms with Gasteiger partial charge in [0.1, 0.15) is 0 Å². The standard InChI is InChI=1S/C8H18NO3P/c1-5-11-13(10,12-6-2)9-7(3)8(9)4/h7-8H,5-6H2,1-4H3/t7-,8-/m0/s1. The van der Waals surface area contributed by atoms with Crippen LogP contribution >= 0.6 is 7.75 Å². The first-order valence-electron chi connectivity index (χ1n) is 4.74. The lowest BCUT2D eigenvalue weighted by Gasteiger charge is -2.17. The third kappa shape index (κ3) is 2.13. The smallest absolute Gasteiger partial charge is 0.297 e. The van der Waals surface area contributed by atoms with Gasteiger partial charge < -0.3 is 0 Å². The van der Waals surface area contributed by atoms with Crippen molar-refractivity contribution in [3.8, 4) is 0 Å². The van der Waals surface area contributed by atoms with Gasteiger partial charge in [-0.05, 0) is 27.7 Å². The fourth-order valence-corrected chi connectivity index (χ4v) is 3.64. The molecule has 0 aliphatic carbocycles. The molecule has 0 radical (unpaired) electrons. The zero-order valence-corrected chi connectivity index (χ0v) is 9.58. The maximum absolute atomic E-state index is 12.1. The summed E-state index contributed by atoms with van der Waals surface area (Å²) in [6.07, 6.45) is 0. The highest BCUT2D eigenvalue weighted by Gasteiger charge is 2.53. The minimum absolute atomic E-state index is 0.309. The third-order valence-electron chi connectivity index (χ3n) is 2.31. The molecular weight excluding hydrogens is 189 g/mol. The molecule has 0 unspecified atom stereocenters. The Bertz CT molecular complexity index is 203. The number of nitrogens with zero attached hydrogens (tertiary/aromatic N) is 1. The lowest BCUT2D eigenvalue weighted by atomic mass is 10.4. The van der Waals surface area contributed by atoms with Crippen LogP contribution in [-0.4, -0.2) is 30.0 Å². The van der Waals surface area contributed by atoms with Crippen molar-refractivity contribution in [2.75, 3.05) is 13.2 Å². The van der Waals surface area contributed by atoms with Gasteiger partial charge in [0, 0.05) is 12.1 Å². The summed E-state index contributed by atoms with van der Waals surface area (Å²) in [5.41, 5.74) is 0. The molecule has 0 aromatic rings. The van der Waals surface area contributed by atoms with Crippen LogP contribution in [0.15, 0.2) is 0 Å². The highest BCUT2D eigenvalue weighted by Crippen LogP contribution is 2.61. The van der Waals surface area contributed by atoms with Gasteiger partial charge in [-0.25, -0.2) is 4.57 Å². The summed E-state index contributed by atoms with van der Waals surface area (Å²) in [6.45, 7) is 8.54. The minimum atomic E-state index is -2.96. The van der Waals surface area contributed by atoms with Gasteiger partial charge in [0.15, 0.2) is 0 Å². The van der Waals surface area contributed by atoms with E-state index < -0.39 is 7.75 Å². The molecule has 0 N–H and O–H groups in total. The molecule has 78 valence electrons. The Morgan fingerprint density at radius 1 is 1.15 bits per heavy atom. The molecule has 4 nitrogen and oxygen atoms in total. The molecule has 0 aromatic carbocycles. The van der Waals surface area contributed by atoms with Crippen LogP contribution in [0.25, 0.3) is 0 Å². The molecule has 1 heterocycles. The van der Waals surface area contributed by atoms with Crippen molar-refractivity contribution in [1.82, 2.24) is 4.67 Å². The molecule has 1 aliphatic heterocycles. The average Bonchev–Trinajstić information content (AvgIpc) is 2.61. The Morgan fingerprint density at radius 2 is 1.54 bits per heavy atom. The van der Waals surface area contributed by atoms with Crippen molar-refractivity contribution in [2.24, 2.45) is 0 Å². The van der Waals surface area contributed by atoms with Crippen molar-refractivity contribution in [2.45, 2.75) is 39.8 Å². The van der Waals surface area contributed by atoms with Gasteiger partial charge in [0.25, 0.3) is 0 Å². The molecule has 0 spiro atoms. The third-order valence-corrected chi connectivity index (χ3v) is 4.77. The highest BCUT2D eigenvalue weighted by molar-refractivity contribution is 7.51. The van der Waals surface area contributed by atoms with Gasteiger partial charge in [0.05, 0.1) is 13.2 Å². The van der Waals surface area contributed by atoms with Gasteiger partial charge in [-0.15, -0.1) is 0 Å². The van der Waals surface area contributed by atoms with Crippen molar-refractivity contribution >= 4 is 7.75 Å². The van der Waals surface area contributed by atoms with Crippen molar-refractivity contribution in [1.29, 1.82) is 0 Å². The van der Waals surface area contributed by atoms with Crippen LogP contribution in [0.3, 0.4) is 0 Å². The van der Waals surface area contributed by atoms with Gasteiger partial charge in [0.2, 0.25) is 0 Å². The van der Waals surface area contributed by atoms with Crippen molar-refractivity contribution in [3.05, 3.63) is 0 Å². The molecule has 13 heavy (non-hydrogen) atoms. The molecule has 1 aliphatic rings. The fraction of sp³-hybridized carbons (Fsp3) is 1.00. The number of hydrogen-bond donors (Lipinski definition) is 0. The van der Waals surface area contributed by atoms with E-state index in [2.05, 4.69) is 0 Å². The maximum atomic E-state index is 12.1. The zero-order chi connectivity index (χ0) is 10.1. The second-order valence-electron chi connectivity index (χ2n) is 3.17. The van der Waals surface area contributed by atoms with Crippen LogP contribution in [0.4, 0.5) is 0 Å². The quantitative estimate of drug-likeness (QED) is 0.512. The van der Waals surface area contributed by atoms with E-state index >= 15 is 0 Å². The Hall–Kier alpha value is 0.110. The Labute approximate surface area is 79.8 Å². The van der Waals surface area contributed by atoms with E-state index in [1.807, 2.05) is 27.7 Å². The lowest BCUT2D eigenvalue weighted by molar-refractivity contribution is 0.193. The molecule has 0 bridgehead atoms. The molecule has 5 heteroatoms. The summed E-state index contributed by atoms with van der Waals surface area (Å²) < 4.78 is 24.3. The van der Waals surface area contributed by atoms with E-state index in [9.17, 15) is 4.57 Å². The van der Waals surface area contributed by atoms with E-state index in [1.54, 1.807) is 4.67 Å². The molecule has 1 fully saturated rings. The summed E-state index contributed by atoms with van der Waals surface area (Å²) >= 11 is 0. The lowest BCUT2D eigenvalue weighted by Crippen LogP contribution is -2.06. The molecule has 0 amide bonds. The van der Waals surface area contributed by atoms with Crippen LogP contribution in [0.1, 0.15) is 27.7 Å². The predicted molar refractivity (Wildman–Crippen MR) is 51.6 cm³/mol. The number of rotatable bonds is 5. The highest BCUT2D eigenvalue weighted by atomic mass is 31.2. The SMILES string of the molecule is CCOP(=O)(OCC)N1[C@@H](C)[C@@H]1C. The Kier molecular flexibility index (Phi) is 3.52. The summed E-state index contributed by atoms with van der Waals surface area (Å²) in [5, 5.41) is 0. The van der Waals surface area contributed by atoms with Crippen LogP contribution in [0.2, 0.25) is 0 Å². The van der Waals surface area contributed by atoms with Crippen LogP contribution < -0.4 is 0 Å². The van der Waals surface area contributed by atoms with Crippen LogP contribution in [0, 0.1) is 0 Å². The topological polar surface area (TPSA) is 38.5 Å².